The van der Waals surface area contributed by atoms with Gasteiger partial charge in [-0.3, -0.25) is 5.43 Å². The van der Waals surface area contributed by atoms with Gasteiger partial charge in [0.25, 0.3) is 0 Å². The molecule has 0 aliphatic carbocycles. The molecule has 3 rings (SSSR count). The summed E-state index contributed by atoms with van der Waals surface area (Å²) in [6, 6.07) is 8.83. The number of aromatic nitrogens is 4. The lowest BCUT2D eigenvalue weighted by Gasteiger charge is -2.04. The van der Waals surface area contributed by atoms with Crippen molar-refractivity contribution < 1.29 is 0 Å². The van der Waals surface area contributed by atoms with Gasteiger partial charge in [0.15, 0.2) is 11.5 Å². The van der Waals surface area contributed by atoms with Crippen molar-refractivity contribution in [2.45, 2.75) is 6.92 Å². The summed E-state index contributed by atoms with van der Waals surface area (Å²) in [4.78, 5) is 0. The monoisotopic (exact) mass is 320 g/mol. The molecule has 0 radical (unpaired) electrons. The maximum absolute atomic E-state index is 5.97. The highest BCUT2D eigenvalue weighted by Gasteiger charge is 2.03. The Morgan fingerprint density at radius 1 is 1.19 bits per heavy atom. The SMILES string of the molecule is C/C(=N\Nc1ccc2nncn2n1)c1cc(Cl)cc(Cl)c1. The summed E-state index contributed by atoms with van der Waals surface area (Å²) in [7, 11) is 0. The molecule has 106 valence electrons. The third-order valence-corrected chi connectivity index (χ3v) is 3.22. The summed E-state index contributed by atoms with van der Waals surface area (Å²) >= 11 is 11.9. The van der Waals surface area contributed by atoms with Crippen LogP contribution in [0.3, 0.4) is 0 Å². The first-order valence-electron chi connectivity index (χ1n) is 6.06. The van der Waals surface area contributed by atoms with Crippen LogP contribution in [-0.4, -0.2) is 25.5 Å². The molecule has 0 spiro atoms. The van der Waals surface area contributed by atoms with E-state index in [9.17, 15) is 0 Å². The van der Waals surface area contributed by atoms with Crippen molar-refractivity contribution in [3.8, 4) is 0 Å². The molecule has 2 aromatic heterocycles. The average molecular weight is 321 g/mol. The number of hydrogen-bond acceptors (Lipinski definition) is 5. The minimum atomic E-state index is 0.566. The first kappa shape index (κ1) is 13.8. The van der Waals surface area contributed by atoms with Crippen LogP contribution in [0.2, 0.25) is 10.0 Å². The predicted molar refractivity (Wildman–Crippen MR) is 83.1 cm³/mol. The largest absolute Gasteiger partial charge is 0.260 e. The molecule has 21 heavy (non-hydrogen) atoms. The number of nitrogens with one attached hydrogen (secondary N) is 1. The van der Waals surface area contributed by atoms with Crippen molar-refractivity contribution >= 4 is 40.4 Å². The van der Waals surface area contributed by atoms with E-state index in [2.05, 4.69) is 25.8 Å². The number of anilines is 1. The Morgan fingerprint density at radius 2 is 1.95 bits per heavy atom. The molecule has 0 aliphatic rings. The van der Waals surface area contributed by atoms with Gasteiger partial charge in [-0.2, -0.15) is 9.62 Å². The molecule has 0 amide bonds. The van der Waals surface area contributed by atoms with E-state index in [-0.39, 0.29) is 0 Å². The third-order valence-electron chi connectivity index (χ3n) is 2.78. The van der Waals surface area contributed by atoms with Gasteiger partial charge in [0.05, 0.1) is 5.71 Å². The molecule has 3 aromatic rings. The van der Waals surface area contributed by atoms with Crippen molar-refractivity contribution in [2.75, 3.05) is 5.43 Å². The second kappa shape index (κ2) is 5.67. The number of benzene rings is 1. The lowest BCUT2D eigenvalue weighted by molar-refractivity contribution is 0.924. The van der Waals surface area contributed by atoms with E-state index in [0.29, 0.717) is 21.5 Å². The molecule has 8 heteroatoms. The van der Waals surface area contributed by atoms with Crippen molar-refractivity contribution in [3.05, 3.63) is 52.3 Å². The maximum Gasteiger partial charge on any atom is 0.177 e. The highest BCUT2D eigenvalue weighted by atomic mass is 35.5. The maximum atomic E-state index is 5.97. The molecule has 0 atom stereocenters. The summed E-state index contributed by atoms with van der Waals surface area (Å²) < 4.78 is 1.56. The number of hydrazone groups is 1. The van der Waals surface area contributed by atoms with E-state index < -0.39 is 0 Å². The Kier molecular flexibility index (Phi) is 3.72. The van der Waals surface area contributed by atoms with Crippen molar-refractivity contribution in [3.63, 3.8) is 0 Å². The highest BCUT2D eigenvalue weighted by molar-refractivity contribution is 6.35. The second-order valence-corrected chi connectivity index (χ2v) is 5.19. The van der Waals surface area contributed by atoms with Crippen molar-refractivity contribution in [1.29, 1.82) is 0 Å². The molecule has 2 heterocycles. The van der Waals surface area contributed by atoms with E-state index >= 15 is 0 Å². The predicted octanol–water partition coefficient (Wildman–Crippen LogP) is 3.27. The number of nitrogens with zero attached hydrogens (tertiary/aromatic N) is 5. The quantitative estimate of drug-likeness (QED) is 0.594. The molecule has 0 fully saturated rings. The van der Waals surface area contributed by atoms with Gasteiger partial charge in [-0.05, 0) is 37.3 Å². The van der Waals surface area contributed by atoms with Gasteiger partial charge in [0.1, 0.15) is 6.33 Å². The number of fused-ring (bicyclic) bond motifs is 1. The Morgan fingerprint density at radius 3 is 2.71 bits per heavy atom. The number of hydrogen-bond donors (Lipinski definition) is 1. The number of halogens is 2. The average Bonchev–Trinajstić information content (AvgIpc) is 2.91. The van der Waals surface area contributed by atoms with E-state index in [4.69, 9.17) is 23.2 Å². The molecular formula is C13H10Cl2N6. The van der Waals surface area contributed by atoms with Crippen LogP contribution in [0.15, 0.2) is 41.8 Å². The highest BCUT2D eigenvalue weighted by Crippen LogP contribution is 2.19. The molecule has 1 aromatic carbocycles. The molecule has 0 aliphatic heterocycles. The van der Waals surface area contributed by atoms with Crippen LogP contribution in [0.4, 0.5) is 5.82 Å². The zero-order valence-electron chi connectivity index (χ0n) is 11.0. The lowest BCUT2D eigenvalue weighted by atomic mass is 10.1. The topological polar surface area (TPSA) is 67.5 Å². The fourth-order valence-corrected chi connectivity index (χ4v) is 2.28. The van der Waals surface area contributed by atoms with Gasteiger partial charge in [0.2, 0.25) is 0 Å². The van der Waals surface area contributed by atoms with Gasteiger partial charge < -0.3 is 0 Å². The summed E-state index contributed by atoms with van der Waals surface area (Å²) in [5.41, 5.74) is 5.13. The Balaban J connectivity index is 1.83. The lowest BCUT2D eigenvalue weighted by Crippen LogP contribution is -2.02. The van der Waals surface area contributed by atoms with Crippen LogP contribution in [-0.2, 0) is 0 Å². The zero-order chi connectivity index (χ0) is 14.8. The van der Waals surface area contributed by atoms with Crippen LogP contribution in [0, 0.1) is 0 Å². The molecule has 0 saturated carbocycles. The van der Waals surface area contributed by atoms with E-state index in [1.54, 1.807) is 34.8 Å². The van der Waals surface area contributed by atoms with E-state index in [0.717, 1.165) is 11.3 Å². The molecule has 0 saturated heterocycles. The molecule has 0 bridgehead atoms. The van der Waals surface area contributed by atoms with E-state index in [1.807, 2.05) is 6.92 Å². The van der Waals surface area contributed by atoms with E-state index in [1.165, 1.54) is 6.33 Å². The van der Waals surface area contributed by atoms with Crippen LogP contribution in [0.1, 0.15) is 12.5 Å². The minimum Gasteiger partial charge on any atom is -0.260 e. The smallest absolute Gasteiger partial charge is 0.177 e. The Labute approximate surface area is 130 Å². The van der Waals surface area contributed by atoms with Gasteiger partial charge in [0, 0.05) is 15.6 Å². The van der Waals surface area contributed by atoms with Crippen LogP contribution < -0.4 is 5.43 Å². The first-order valence-corrected chi connectivity index (χ1v) is 6.81. The fourth-order valence-electron chi connectivity index (χ4n) is 1.76. The van der Waals surface area contributed by atoms with Gasteiger partial charge >= 0.3 is 0 Å². The van der Waals surface area contributed by atoms with Crippen LogP contribution in [0.5, 0.6) is 0 Å². The molecule has 1 N–H and O–H groups in total. The third kappa shape index (κ3) is 3.12. The molecular weight excluding hydrogens is 311 g/mol. The molecule has 6 nitrogen and oxygen atoms in total. The zero-order valence-corrected chi connectivity index (χ0v) is 12.5. The Hall–Kier alpha value is -2.18. The summed E-state index contributed by atoms with van der Waals surface area (Å²) in [6.45, 7) is 1.85. The minimum absolute atomic E-state index is 0.566. The first-order chi connectivity index (χ1) is 10.1. The standard InChI is InChI=1S/C13H10Cl2N6/c1-8(9-4-10(14)6-11(15)5-9)17-18-12-2-3-13-19-16-7-21(13)20-12/h2-7H,1H3,(H,18,20)/b17-8+. The van der Waals surface area contributed by atoms with Gasteiger partial charge in [-0.1, -0.05) is 23.2 Å². The molecule has 0 unspecified atom stereocenters. The Bertz CT molecular complexity index is 806. The van der Waals surface area contributed by atoms with Crippen LogP contribution in [0.25, 0.3) is 5.65 Å². The summed E-state index contributed by atoms with van der Waals surface area (Å²) in [5.74, 6) is 0.578. The summed E-state index contributed by atoms with van der Waals surface area (Å²) in [5, 5.41) is 17.3. The summed E-state index contributed by atoms with van der Waals surface area (Å²) in [6.07, 6.45) is 1.52. The fraction of sp³-hybridized carbons (Fsp3) is 0.0769. The van der Waals surface area contributed by atoms with Gasteiger partial charge in [-0.15, -0.1) is 15.3 Å². The van der Waals surface area contributed by atoms with Crippen molar-refractivity contribution in [1.82, 2.24) is 19.8 Å². The normalized spacial score (nSPS) is 11.9. The second-order valence-electron chi connectivity index (χ2n) is 4.32. The van der Waals surface area contributed by atoms with Gasteiger partial charge in [-0.25, -0.2) is 0 Å². The van der Waals surface area contributed by atoms with Crippen LogP contribution >= 0.6 is 23.2 Å². The number of rotatable bonds is 3. The van der Waals surface area contributed by atoms with Crippen molar-refractivity contribution in [2.24, 2.45) is 5.10 Å².